The van der Waals surface area contributed by atoms with Gasteiger partial charge in [0.25, 0.3) is 0 Å². The van der Waals surface area contributed by atoms with Crippen molar-refractivity contribution in [2.45, 2.75) is 6.54 Å². The summed E-state index contributed by atoms with van der Waals surface area (Å²) in [5.74, 6) is 0. The monoisotopic (exact) mass is 217 g/mol. The highest BCUT2D eigenvalue weighted by atomic mass is 32.1. The van der Waals surface area contributed by atoms with Gasteiger partial charge in [0.2, 0.25) is 0 Å². The van der Waals surface area contributed by atoms with Gasteiger partial charge in [-0.1, -0.05) is 0 Å². The second kappa shape index (κ2) is 4.07. The van der Waals surface area contributed by atoms with Gasteiger partial charge in [-0.2, -0.15) is 21.7 Å². The molecule has 5 heteroatoms. The fraction of sp³-hybridized carbons (Fsp3) is 0.100. The van der Waals surface area contributed by atoms with Crippen molar-refractivity contribution in [1.82, 2.24) is 9.78 Å². The molecule has 2 rings (SSSR count). The Balaban J connectivity index is 2.47. The first kappa shape index (κ1) is 9.62. The molecular formula is C10H7N3OS. The highest BCUT2D eigenvalue weighted by Crippen LogP contribution is 2.23. The molecule has 0 aliphatic heterocycles. The number of thiophene rings is 1. The van der Waals surface area contributed by atoms with Crippen LogP contribution >= 0.6 is 11.3 Å². The Bertz CT molecular complexity index is 507. The smallest absolute Gasteiger partial charge is 0.153 e. The number of nitrogens with zero attached hydrogens (tertiary/aromatic N) is 3. The SMILES string of the molecule is N#CCn1cc(C=O)c(-c2ccsc2)n1. The van der Waals surface area contributed by atoms with Crippen LogP contribution in [0.5, 0.6) is 0 Å². The molecule has 0 amide bonds. The molecule has 2 aromatic heterocycles. The van der Waals surface area contributed by atoms with Gasteiger partial charge in [0, 0.05) is 17.1 Å². The molecule has 2 heterocycles. The summed E-state index contributed by atoms with van der Waals surface area (Å²) in [6, 6.07) is 3.88. The molecule has 0 radical (unpaired) electrons. The van der Waals surface area contributed by atoms with Crippen molar-refractivity contribution in [1.29, 1.82) is 5.26 Å². The summed E-state index contributed by atoms with van der Waals surface area (Å²) in [6.07, 6.45) is 2.34. The van der Waals surface area contributed by atoms with Gasteiger partial charge < -0.3 is 0 Å². The molecule has 0 unspecified atom stereocenters. The summed E-state index contributed by atoms with van der Waals surface area (Å²) >= 11 is 1.55. The zero-order valence-electron chi connectivity index (χ0n) is 7.75. The van der Waals surface area contributed by atoms with Crippen LogP contribution in [0.4, 0.5) is 0 Å². The molecule has 4 nitrogen and oxygen atoms in total. The molecule has 0 spiro atoms. The Morgan fingerprint density at radius 1 is 1.67 bits per heavy atom. The van der Waals surface area contributed by atoms with Gasteiger partial charge in [-0.15, -0.1) is 0 Å². The lowest BCUT2D eigenvalue weighted by Gasteiger charge is -1.91. The van der Waals surface area contributed by atoms with E-state index in [1.165, 1.54) is 4.68 Å². The zero-order valence-corrected chi connectivity index (χ0v) is 8.57. The van der Waals surface area contributed by atoms with Gasteiger partial charge in [-0.3, -0.25) is 9.48 Å². The molecule has 0 atom stereocenters. The summed E-state index contributed by atoms with van der Waals surface area (Å²) in [5.41, 5.74) is 2.07. The van der Waals surface area contributed by atoms with Crippen molar-refractivity contribution in [3.05, 3.63) is 28.6 Å². The van der Waals surface area contributed by atoms with Crippen LogP contribution in [0.15, 0.2) is 23.0 Å². The summed E-state index contributed by atoms with van der Waals surface area (Å²) in [6.45, 7) is 0.158. The van der Waals surface area contributed by atoms with Crippen LogP contribution in [-0.4, -0.2) is 16.1 Å². The van der Waals surface area contributed by atoms with E-state index in [0.29, 0.717) is 11.3 Å². The van der Waals surface area contributed by atoms with E-state index >= 15 is 0 Å². The Morgan fingerprint density at radius 3 is 3.13 bits per heavy atom. The number of nitriles is 1. The quantitative estimate of drug-likeness (QED) is 0.738. The molecule has 0 saturated heterocycles. The molecule has 0 aliphatic carbocycles. The molecular weight excluding hydrogens is 210 g/mol. The fourth-order valence-electron chi connectivity index (χ4n) is 1.30. The van der Waals surface area contributed by atoms with Crippen LogP contribution < -0.4 is 0 Å². The van der Waals surface area contributed by atoms with Crippen LogP contribution in [0.3, 0.4) is 0 Å². The minimum atomic E-state index is 0.158. The van der Waals surface area contributed by atoms with Gasteiger partial charge in [0.1, 0.15) is 12.2 Å². The van der Waals surface area contributed by atoms with Crippen LogP contribution in [0.2, 0.25) is 0 Å². The van der Waals surface area contributed by atoms with Gasteiger partial charge in [0.05, 0.1) is 11.6 Å². The van der Waals surface area contributed by atoms with E-state index in [2.05, 4.69) is 5.10 Å². The lowest BCUT2D eigenvalue weighted by molar-refractivity contribution is 0.112. The average Bonchev–Trinajstić information content (AvgIpc) is 2.84. The van der Waals surface area contributed by atoms with Gasteiger partial charge >= 0.3 is 0 Å². The van der Waals surface area contributed by atoms with E-state index in [-0.39, 0.29) is 6.54 Å². The Hall–Kier alpha value is -1.93. The first-order valence-electron chi connectivity index (χ1n) is 4.27. The Labute approximate surface area is 90.4 Å². The maximum atomic E-state index is 10.8. The minimum Gasteiger partial charge on any atom is -0.298 e. The van der Waals surface area contributed by atoms with Crippen molar-refractivity contribution in [2.24, 2.45) is 0 Å². The number of rotatable bonds is 3. The number of aromatic nitrogens is 2. The number of hydrogen-bond acceptors (Lipinski definition) is 4. The van der Waals surface area contributed by atoms with Crippen LogP contribution in [0, 0.1) is 11.3 Å². The van der Waals surface area contributed by atoms with Crippen LogP contribution in [-0.2, 0) is 6.54 Å². The second-order valence-electron chi connectivity index (χ2n) is 2.92. The topological polar surface area (TPSA) is 58.7 Å². The minimum absolute atomic E-state index is 0.158. The maximum Gasteiger partial charge on any atom is 0.153 e. The van der Waals surface area contributed by atoms with Gasteiger partial charge in [-0.25, -0.2) is 0 Å². The molecule has 15 heavy (non-hydrogen) atoms. The highest BCUT2D eigenvalue weighted by Gasteiger charge is 2.10. The van der Waals surface area contributed by atoms with Gasteiger partial charge in [0.15, 0.2) is 6.29 Å². The Morgan fingerprint density at radius 2 is 2.53 bits per heavy atom. The molecule has 0 aliphatic rings. The standard InChI is InChI=1S/C10H7N3OS/c11-2-3-13-5-9(6-14)10(12-13)8-1-4-15-7-8/h1,4-7H,3H2. The molecule has 0 bridgehead atoms. The summed E-state index contributed by atoms with van der Waals surface area (Å²) in [7, 11) is 0. The van der Waals surface area contributed by atoms with Crippen molar-refractivity contribution in [3.63, 3.8) is 0 Å². The first-order valence-corrected chi connectivity index (χ1v) is 5.21. The number of hydrogen-bond donors (Lipinski definition) is 0. The van der Waals surface area contributed by atoms with E-state index < -0.39 is 0 Å². The van der Waals surface area contributed by atoms with E-state index in [1.807, 2.05) is 22.9 Å². The number of aldehydes is 1. The first-order chi connectivity index (χ1) is 7.35. The van der Waals surface area contributed by atoms with E-state index in [0.717, 1.165) is 11.8 Å². The molecule has 0 fully saturated rings. The third-order valence-electron chi connectivity index (χ3n) is 1.94. The normalized spacial score (nSPS) is 9.80. The van der Waals surface area contributed by atoms with Crippen molar-refractivity contribution < 1.29 is 4.79 Å². The summed E-state index contributed by atoms with van der Waals surface area (Å²) in [4.78, 5) is 10.8. The Kier molecular flexibility index (Phi) is 2.61. The number of carbonyl (C=O) groups is 1. The predicted octanol–water partition coefficient (Wildman–Crippen LogP) is 1.95. The third kappa shape index (κ3) is 1.80. The van der Waals surface area contributed by atoms with Crippen LogP contribution in [0.25, 0.3) is 11.3 Å². The molecule has 0 saturated carbocycles. The summed E-state index contributed by atoms with van der Waals surface area (Å²) < 4.78 is 1.47. The van der Waals surface area contributed by atoms with E-state index in [1.54, 1.807) is 17.5 Å². The lowest BCUT2D eigenvalue weighted by atomic mass is 10.2. The molecule has 74 valence electrons. The lowest BCUT2D eigenvalue weighted by Crippen LogP contribution is -1.95. The van der Waals surface area contributed by atoms with E-state index in [9.17, 15) is 4.79 Å². The fourth-order valence-corrected chi connectivity index (χ4v) is 1.94. The van der Waals surface area contributed by atoms with Crippen molar-refractivity contribution in [2.75, 3.05) is 0 Å². The molecule has 0 N–H and O–H groups in total. The highest BCUT2D eigenvalue weighted by molar-refractivity contribution is 7.08. The number of carbonyl (C=O) groups excluding carboxylic acids is 1. The van der Waals surface area contributed by atoms with E-state index in [4.69, 9.17) is 5.26 Å². The predicted molar refractivity (Wildman–Crippen MR) is 56.5 cm³/mol. The zero-order chi connectivity index (χ0) is 10.7. The molecule has 0 aromatic carbocycles. The average molecular weight is 217 g/mol. The van der Waals surface area contributed by atoms with Crippen molar-refractivity contribution in [3.8, 4) is 17.3 Å². The van der Waals surface area contributed by atoms with Gasteiger partial charge in [-0.05, 0) is 11.4 Å². The maximum absolute atomic E-state index is 10.8. The molecule has 2 aromatic rings. The largest absolute Gasteiger partial charge is 0.298 e. The third-order valence-corrected chi connectivity index (χ3v) is 2.63. The van der Waals surface area contributed by atoms with Crippen LogP contribution in [0.1, 0.15) is 10.4 Å². The second-order valence-corrected chi connectivity index (χ2v) is 3.70. The van der Waals surface area contributed by atoms with Crippen molar-refractivity contribution >= 4 is 17.6 Å². The summed E-state index contributed by atoms with van der Waals surface area (Å²) in [5, 5.41) is 16.6.